The SMILES string of the molecule is O=C(NCC1(N2CCOCC2)CCCCC1)c1ccc(Cl)c(N2CCCC2=O)c1. The number of morpholine rings is 1. The number of carbonyl (C=O) groups is 2. The summed E-state index contributed by atoms with van der Waals surface area (Å²) in [5, 5.41) is 3.70. The predicted molar refractivity (Wildman–Crippen MR) is 114 cm³/mol. The maximum absolute atomic E-state index is 13.0. The summed E-state index contributed by atoms with van der Waals surface area (Å²) < 4.78 is 5.54. The molecular formula is C22H30ClN3O3. The standard InChI is InChI=1S/C22H30ClN3O3/c23-18-7-6-17(15-19(18)26-10-4-5-20(26)27)21(28)24-16-22(8-2-1-3-9-22)25-11-13-29-14-12-25/h6-7,15H,1-5,8-14,16H2,(H,24,28). The molecule has 6 nitrogen and oxygen atoms in total. The fraction of sp³-hybridized carbons (Fsp3) is 0.636. The topological polar surface area (TPSA) is 61.9 Å². The molecule has 7 heteroatoms. The number of hydrogen-bond acceptors (Lipinski definition) is 4. The number of halogens is 1. The summed E-state index contributed by atoms with van der Waals surface area (Å²) in [7, 11) is 0. The normalized spacial score (nSPS) is 22.7. The van der Waals surface area contributed by atoms with Gasteiger partial charge < -0.3 is 15.0 Å². The van der Waals surface area contributed by atoms with Gasteiger partial charge in [-0.15, -0.1) is 0 Å². The number of amides is 2. The van der Waals surface area contributed by atoms with Gasteiger partial charge in [0.05, 0.1) is 23.9 Å². The number of nitrogens with zero attached hydrogens (tertiary/aromatic N) is 2. The summed E-state index contributed by atoms with van der Waals surface area (Å²) in [6.07, 6.45) is 7.26. The van der Waals surface area contributed by atoms with E-state index in [1.54, 1.807) is 23.1 Å². The molecule has 2 saturated heterocycles. The highest BCUT2D eigenvalue weighted by atomic mass is 35.5. The van der Waals surface area contributed by atoms with Gasteiger partial charge in [-0.05, 0) is 37.5 Å². The average Bonchev–Trinajstić information content (AvgIpc) is 3.19. The van der Waals surface area contributed by atoms with E-state index in [-0.39, 0.29) is 17.4 Å². The molecule has 1 N–H and O–H groups in total. The molecular weight excluding hydrogens is 390 g/mol. The van der Waals surface area contributed by atoms with Crippen LogP contribution >= 0.6 is 11.6 Å². The smallest absolute Gasteiger partial charge is 0.251 e. The molecule has 2 heterocycles. The molecule has 2 aliphatic heterocycles. The molecule has 1 aromatic rings. The Kier molecular flexibility index (Phi) is 6.42. The Morgan fingerprint density at radius 2 is 1.86 bits per heavy atom. The Balaban J connectivity index is 1.47. The van der Waals surface area contributed by atoms with Gasteiger partial charge in [0, 0.05) is 43.7 Å². The van der Waals surface area contributed by atoms with Crippen molar-refractivity contribution < 1.29 is 14.3 Å². The maximum atomic E-state index is 13.0. The van der Waals surface area contributed by atoms with Crippen molar-refractivity contribution in [2.24, 2.45) is 0 Å². The van der Waals surface area contributed by atoms with Crippen LogP contribution in [0.1, 0.15) is 55.3 Å². The molecule has 29 heavy (non-hydrogen) atoms. The summed E-state index contributed by atoms with van der Waals surface area (Å²) in [5.41, 5.74) is 1.22. The zero-order valence-electron chi connectivity index (χ0n) is 16.9. The predicted octanol–water partition coefficient (Wildman–Crippen LogP) is 3.23. The van der Waals surface area contributed by atoms with Crippen LogP contribution in [0.2, 0.25) is 5.02 Å². The monoisotopic (exact) mass is 419 g/mol. The Bertz CT molecular complexity index is 758. The highest BCUT2D eigenvalue weighted by Crippen LogP contribution is 2.34. The van der Waals surface area contributed by atoms with E-state index in [2.05, 4.69) is 10.2 Å². The summed E-state index contributed by atoms with van der Waals surface area (Å²) in [6.45, 7) is 4.69. The fourth-order valence-corrected chi connectivity index (χ4v) is 5.18. The minimum absolute atomic E-state index is 0.0257. The highest BCUT2D eigenvalue weighted by molar-refractivity contribution is 6.34. The molecule has 2 amide bonds. The van der Waals surface area contributed by atoms with Crippen molar-refractivity contribution in [1.29, 1.82) is 0 Å². The van der Waals surface area contributed by atoms with Crippen LogP contribution in [0.15, 0.2) is 18.2 Å². The molecule has 0 atom stereocenters. The largest absolute Gasteiger partial charge is 0.379 e. The zero-order valence-corrected chi connectivity index (χ0v) is 17.7. The Hall–Kier alpha value is -1.63. The first kappa shape index (κ1) is 20.6. The molecule has 0 radical (unpaired) electrons. The van der Waals surface area contributed by atoms with Crippen molar-refractivity contribution in [3.05, 3.63) is 28.8 Å². The van der Waals surface area contributed by atoms with Crippen LogP contribution in [-0.4, -0.2) is 61.6 Å². The van der Waals surface area contributed by atoms with Crippen LogP contribution in [0.3, 0.4) is 0 Å². The number of benzene rings is 1. The lowest BCUT2D eigenvalue weighted by Gasteiger charge is -2.48. The Labute approximate surface area is 177 Å². The van der Waals surface area contributed by atoms with Crippen LogP contribution in [0, 0.1) is 0 Å². The van der Waals surface area contributed by atoms with Gasteiger partial charge in [0.2, 0.25) is 5.91 Å². The van der Waals surface area contributed by atoms with Crippen molar-refractivity contribution in [3.63, 3.8) is 0 Å². The first-order valence-corrected chi connectivity index (χ1v) is 11.2. The molecule has 0 unspecified atom stereocenters. The van der Waals surface area contributed by atoms with Crippen LogP contribution in [-0.2, 0) is 9.53 Å². The molecule has 1 aromatic carbocycles. The first-order chi connectivity index (χ1) is 14.1. The van der Waals surface area contributed by atoms with Crippen molar-refractivity contribution in [3.8, 4) is 0 Å². The minimum Gasteiger partial charge on any atom is -0.379 e. The fourth-order valence-electron chi connectivity index (χ4n) is 4.96. The van der Waals surface area contributed by atoms with E-state index in [0.717, 1.165) is 45.6 Å². The number of carbonyl (C=O) groups excluding carboxylic acids is 2. The third-order valence-electron chi connectivity index (χ3n) is 6.62. The van der Waals surface area contributed by atoms with Gasteiger partial charge in [-0.2, -0.15) is 0 Å². The molecule has 158 valence electrons. The van der Waals surface area contributed by atoms with Crippen LogP contribution < -0.4 is 10.2 Å². The third-order valence-corrected chi connectivity index (χ3v) is 6.94. The van der Waals surface area contributed by atoms with Crippen molar-refractivity contribution in [1.82, 2.24) is 10.2 Å². The molecule has 1 aliphatic carbocycles. The van der Waals surface area contributed by atoms with Crippen molar-refractivity contribution >= 4 is 29.1 Å². The number of anilines is 1. The van der Waals surface area contributed by atoms with Crippen molar-refractivity contribution in [2.45, 2.75) is 50.5 Å². The van der Waals surface area contributed by atoms with E-state index < -0.39 is 0 Å². The minimum atomic E-state index is -0.104. The van der Waals surface area contributed by atoms with Gasteiger partial charge in [-0.3, -0.25) is 14.5 Å². The van der Waals surface area contributed by atoms with E-state index >= 15 is 0 Å². The number of nitrogens with one attached hydrogen (secondary N) is 1. The van der Waals surface area contributed by atoms with Crippen LogP contribution in [0.25, 0.3) is 0 Å². The molecule has 0 spiro atoms. The molecule has 4 rings (SSSR count). The van der Waals surface area contributed by atoms with Gasteiger partial charge in [0.1, 0.15) is 0 Å². The van der Waals surface area contributed by atoms with Gasteiger partial charge in [-0.1, -0.05) is 30.9 Å². The van der Waals surface area contributed by atoms with Gasteiger partial charge in [0.25, 0.3) is 5.91 Å². The van der Waals surface area contributed by atoms with Gasteiger partial charge in [0.15, 0.2) is 0 Å². The highest BCUT2D eigenvalue weighted by Gasteiger charge is 2.39. The van der Waals surface area contributed by atoms with E-state index in [1.165, 1.54) is 19.3 Å². The third kappa shape index (κ3) is 4.44. The van der Waals surface area contributed by atoms with Crippen molar-refractivity contribution in [2.75, 3.05) is 44.3 Å². The first-order valence-electron chi connectivity index (χ1n) is 10.8. The summed E-state index contributed by atoms with van der Waals surface area (Å²) in [4.78, 5) is 29.3. The van der Waals surface area contributed by atoms with Gasteiger partial charge in [-0.25, -0.2) is 0 Å². The summed E-state index contributed by atoms with van der Waals surface area (Å²) in [6, 6.07) is 5.21. The lowest BCUT2D eigenvalue weighted by Crippen LogP contribution is -2.59. The molecule has 3 aliphatic rings. The molecule has 1 saturated carbocycles. The Morgan fingerprint density at radius 3 is 2.55 bits per heavy atom. The second kappa shape index (κ2) is 9.02. The quantitative estimate of drug-likeness (QED) is 0.795. The van der Waals surface area contributed by atoms with E-state index in [1.807, 2.05) is 0 Å². The second-order valence-corrected chi connectivity index (χ2v) is 8.79. The number of ether oxygens (including phenoxy) is 1. The molecule has 3 fully saturated rings. The van der Waals surface area contributed by atoms with E-state index in [9.17, 15) is 9.59 Å². The lowest BCUT2D eigenvalue weighted by molar-refractivity contribution is -0.117. The van der Waals surface area contributed by atoms with E-state index in [0.29, 0.717) is 35.8 Å². The van der Waals surface area contributed by atoms with E-state index in [4.69, 9.17) is 16.3 Å². The van der Waals surface area contributed by atoms with Crippen LogP contribution in [0.5, 0.6) is 0 Å². The zero-order chi connectivity index (χ0) is 20.3. The van der Waals surface area contributed by atoms with Gasteiger partial charge >= 0.3 is 0 Å². The summed E-state index contributed by atoms with van der Waals surface area (Å²) in [5.74, 6) is -0.0364. The second-order valence-electron chi connectivity index (χ2n) is 8.38. The number of hydrogen-bond donors (Lipinski definition) is 1. The maximum Gasteiger partial charge on any atom is 0.251 e. The van der Waals surface area contributed by atoms with Crippen LogP contribution in [0.4, 0.5) is 5.69 Å². The Morgan fingerprint density at radius 1 is 1.10 bits per heavy atom. The lowest BCUT2D eigenvalue weighted by atomic mass is 9.79. The average molecular weight is 420 g/mol. The molecule has 0 aromatic heterocycles. The number of rotatable bonds is 5. The summed E-state index contributed by atoms with van der Waals surface area (Å²) >= 11 is 6.32. The molecule has 0 bridgehead atoms.